The lowest BCUT2D eigenvalue weighted by Crippen LogP contribution is -2.19. The van der Waals surface area contributed by atoms with Crippen LogP contribution in [0.1, 0.15) is 54.0 Å². The molecule has 0 saturated heterocycles. The molecule has 5 nitrogen and oxygen atoms in total. The molecule has 0 aliphatic heterocycles. The van der Waals surface area contributed by atoms with Crippen LogP contribution in [0, 0.1) is 0 Å². The van der Waals surface area contributed by atoms with Crippen molar-refractivity contribution in [2.75, 3.05) is 0 Å². The van der Waals surface area contributed by atoms with E-state index in [2.05, 4.69) is 11.9 Å². The molecule has 0 saturated carbocycles. The second-order valence-electron chi connectivity index (χ2n) is 7.36. The number of carboxylic acid groups (broad SMARTS) is 1. The predicted molar refractivity (Wildman–Crippen MR) is 120 cm³/mol. The maximum atomic E-state index is 12.5. The fourth-order valence-corrected chi connectivity index (χ4v) is 3.63. The zero-order valence-corrected chi connectivity index (χ0v) is 17.5. The van der Waals surface area contributed by atoms with Crippen molar-refractivity contribution in [3.8, 4) is 11.1 Å². The number of aromatic amines is 1. The summed E-state index contributed by atoms with van der Waals surface area (Å²) >= 11 is 0. The molecule has 2 N–H and O–H groups in total. The number of H-pyrrole nitrogens is 1. The number of hydrogen-bond donors (Lipinski definition) is 2. The molecule has 0 aliphatic rings. The Kier molecular flexibility index (Phi) is 7.07. The van der Waals surface area contributed by atoms with Crippen molar-refractivity contribution in [1.82, 2.24) is 9.55 Å². The molecule has 0 radical (unpaired) electrons. The van der Waals surface area contributed by atoms with Gasteiger partial charge in [0.1, 0.15) is 0 Å². The first kappa shape index (κ1) is 21.4. The van der Waals surface area contributed by atoms with Crippen molar-refractivity contribution in [2.45, 2.75) is 46.1 Å². The lowest BCUT2D eigenvalue weighted by molar-refractivity contribution is 0.0697. The number of nitrogens with zero attached hydrogens (tertiary/aromatic N) is 1. The van der Waals surface area contributed by atoms with Crippen LogP contribution in [0.2, 0.25) is 0 Å². The highest BCUT2D eigenvalue weighted by Gasteiger charge is 2.15. The summed E-state index contributed by atoms with van der Waals surface area (Å²) < 4.78 is 1.86. The topological polar surface area (TPSA) is 75.1 Å². The smallest absolute Gasteiger partial charge is 0.336 e. The highest BCUT2D eigenvalue weighted by Crippen LogP contribution is 2.25. The summed E-state index contributed by atoms with van der Waals surface area (Å²) in [4.78, 5) is 27.0. The van der Waals surface area contributed by atoms with Gasteiger partial charge in [-0.1, -0.05) is 68.0 Å². The van der Waals surface area contributed by atoms with Crippen LogP contribution in [0.5, 0.6) is 0 Å². The van der Waals surface area contributed by atoms with E-state index in [1.54, 1.807) is 12.1 Å². The summed E-state index contributed by atoms with van der Waals surface area (Å²) in [5.74, 6) is -0.935. The van der Waals surface area contributed by atoms with E-state index in [9.17, 15) is 14.7 Å². The minimum Gasteiger partial charge on any atom is -0.478 e. The minimum atomic E-state index is -0.935. The average molecular weight is 405 g/mol. The maximum Gasteiger partial charge on any atom is 0.336 e. The van der Waals surface area contributed by atoms with E-state index in [0.29, 0.717) is 24.9 Å². The molecule has 2 aromatic carbocycles. The molecule has 30 heavy (non-hydrogen) atoms. The second-order valence-corrected chi connectivity index (χ2v) is 7.36. The molecule has 5 heteroatoms. The van der Waals surface area contributed by atoms with Gasteiger partial charge in [-0.25, -0.2) is 9.59 Å². The van der Waals surface area contributed by atoms with Crippen molar-refractivity contribution in [2.24, 2.45) is 0 Å². The van der Waals surface area contributed by atoms with Gasteiger partial charge in [-0.05, 0) is 36.1 Å². The number of aromatic carboxylic acids is 1. The number of hydrogen-bond acceptors (Lipinski definition) is 2. The molecule has 3 aromatic rings. The Morgan fingerprint density at radius 3 is 2.53 bits per heavy atom. The van der Waals surface area contributed by atoms with Crippen LogP contribution < -0.4 is 5.69 Å². The first-order valence-electron chi connectivity index (χ1n) is 10.4. The van der Waals surface area contributed by atoms with Crippen LogP contribution >= 0.6 is 0 Å². The van der Waals surface area contributed by atoms with E-state index in [4.69, 9.17) is 0 Å². The molecule has 1 heterocycles. The largest absolute Gasteiger partial charge is 0.478 e. The van der Waals surface area contributed by atoms with Gasteiger partial charge in [0, 0.05) is 30.8 Å². The summed E-state index contributed by atoms with van der Waals surface area (Å²) in [6.45, 7) is 4.80. The molecule has 1 aromatic heterocycles. The van der Waals surface area contributed by atoms with E-state index >= 15 is 0 Å². The summed E-state index contributed by atoms with van der Waals surface area (Å²) in [6, 6.07) is 14.9. The Morgan fingerprint density at radius 2 is 1.87 bits per heavy atom. The van der Waals surface area contributed by atoms with Crippen molar-refractivity contribution < 1.29 is 9.90 Å². The number of aromatic nitrogens is 2. The third-order valence-electron chi connectivity index (χ3n) is 5.26. The normalized spacial score (nSPS) is 11.3. The first-order chi connectivity index (χ1) is 14.5. The highest BCUT2D eigenvalue weighted by molar-refractivity contribution is 5.95. The number of carboxylic acids is 1. The van der Waals surface area contributed by atoms with Gasteiger partial charge in [0.15, 0.2) is 0 Å². The Labute approximate surface area is 176 Å². The quantitative estimate of drug-likeness (QED) is 0.490. The van der Waals surface area contributed by atoms with Gasteiger partial charge in [-0.2, -0.15) is 0 Å². The molecule has 0 aliphatic carbocycles. The van der Waals surface area contributed by atoms with Crippen LogP contribution in [0.25, 0.3) is 11.1 Å². The summed E-state index contributed by atoms with van der Waals surface area (Å²) in [5.41, 5.74) is 4.86. The highest BCUT2D eigenvalue weighted by atomic mass is 16.4. The fourth-order valence-electron chi connectivity index (χ4n) is 3.63. The standard InChI is InChI=1S/C25H28N2O3/c1-3-5-11-22-23(27(16-6-4-2)25(30)26-22)17-18-12-14-19(15-13-18)20-9-7-8-10-21(20)24(28)29/h3,5,7-10,12-15H,4,6,11,16-17H2,1-2H3,(H,26,30)(H,28,29). The Morgan fingerprint density at radius 1 is 1.13 bits per heavy atom. The molecule has 0 spiro atoms. The van der Waals surface area contributed by atoms with Crippen LogP contribution in [-0.4, -0.2) is 20.6 Å². The van der Waals surface area contributed by atoms with Crippen molar-refractivity contribution in [1.29, 1.82) is 0 Å². The number of allylic oxidation sites excluding steroid dienone is 2. The molecule has 156 valence electrons. The molecular formula is C25H28N2O3. The third kappa shape index (κ3) is 4.79. The predicted octanol–water partition coefficient (Wildman–Crippen LogP) is 5.05. The lowest BCUT2D eigenvalue weighted by atomic mass is 9.97. The van der Waals surface area contributed by atoms with E-state index in [-0.39, 0.29) is 11.3 Å². The van der Waals surface area contributed by atoms with Gasteiger partial charge in [0.05, 0.1) is 5.56 Å². The van der Waals surface area contributed by atoms with E-state index in [1.165, 1.54) is 0 Å². The number of benzene rings is 2. The molecule has 0 atom stereocenters. The number of imidazole rings is 1. The van der Waals surface area contributed by atoms with Crippen molar-refractivity contribution in [3.05, 3.63) is 93.7 Å². The van der Waals surface area contributed by atoms with Gasteiger partial charge in [-0.3, -0.25) is 4.57 Å². The van der Waals surface area contributed by atoms with Gasteiger partial charge < -0.3 is 10.1 Å². The van der Waals surface area contributed by atoms with Crippen LogP contribution in [0.3, 0.4) is 0 Å². The van der Waals surface area contributed by atoms with Crippen molar-refractivity contribution >= 4 is 5.97 Å². The second kappa shape index (κ2) is 9.92. The molecule has 0 fully saturated rings. The summed E-state index contributed by atoms with van der Waals surface area (Å²) in [5, 5.41) is 9.44. The number of carbonyl (C=O) groups is 1. The van der Waals surface area contributed by atoms with Crippen LogP contribution in [-0.2, 0) is 19.4 Å². The van der Waals surface area contributed by atoms with E-state index in [1.807, 2.05) is 60.0 Å². The van der Waals surface area contributed by atoms with Crippen LogP contribution in [0.15, 0.2) is 65.5 Å². The number of nitrogens with one attached hydrogen (secondary N) is 1. The maximum absolute atomic E-state index is 12.5. The van der Waals surface area contributed by atoms with Gasteiger partial charge in [-0.15, -0.1) is 0 Å². The molecule has 0 amide bonds. The van der Waals surface area contributed by atoms with Gasteiger partial charge >= 0.3 is 11.7 Å². The zero-order valence-electron chi connectivity index (χ0n) is 17.5. The monoisotopic (exact) mass is 404 g/mol. The van der Waals surface area contributed by atoms with Crippen LogP contribution in [0.4, 0.5) is 0 Å². The molecule has 3 rings (SSSR count). The SMILES string of the molecule is CC=CCc1[nH]c(=O)n(CCCC)c1Cc1ccc(-c2ccccc2C(=O)O)cc1. The number of unbranched alkanes of at least 4 members (excludes halogenated alkanes) is 1. The van der Waals surface area contributed by atoms with E-state index < -0.39 is 5.97 Å². The summed E-state index contributed by atoms with van der Waals surface area (Å²) in [6.07, 6.45) is 7.36. The molecule has 0 unspecified atom stereocenters. The Hall–Kier alpha value is -3.34. The van der Waals surface area contributed by atoms with Crippen molar-refractivity contribution in [3.63, 3.8) is 0 Å². The minimum absolute atomic E-state index is 0.0510. The van der Waals surface area contributed by atoms with Gasteiger partial charge in [0.2, 0.25) is 0 Å². The third-order valence-corrected chi connectivity index (χ3v) is 5.26. The number of rotatable bonds is 9. The lowest BCUT2D eigenvalue weighted by Gasteiger charge is -2.11. The first-order valence-corrected chi connectivity index (χ1v) is 10.4. The Balaban J connectivity index is 1.92. The Bertz CT molecular complexity index is 1090. The molecular weight excluding hydrogens is 376 g/mol. The molecule has 0 bridgehead atoms. The van der Waals surface area contributed by atoms with Gasteiger partial charge in [0.25, 0.3) is 0 Å². The average Bonchev–Trinajstić information content (AvgIpc) is 3.05. The van der Waals surface area contributed by atoms with E-state index in [0.717, 1.165) is 35.4 Å². The fraction of sp³-hybridized carbons (Fsp3) is 0.280. The zero-order chi connectivity index (χ0) is 21.5. The summed E-state index contributed by atoms with van der Waals surface area (Å²) in [7, 11) is 0.